The number of nitrogens with one attached hydrogen (secondary N) is 1. The SMILES string of the molecule is CCOC(=O)CCCNC(c1ccccc1)C(F)(F)F. The predicted molar refractivity (Wildman–Crippen MR) is 69.1 cm³/mol. The van der Waals surface area contributed by atoms with Crippen LogP contribution in [0.15, 0.2) is 30.3 Å². The fourth-order valence-electron chi connectivity index (χ4n) is 1.78. The number of carbonyl (C=O) groups is 1. The molecule has 0 aliphatic heterocycles. The molecule has 1 atom stereocenters. The average molecular weight is 289 g/mol. The van der Waals surface area contributed by atoms with E-state index in [1.807, 2.05) is 0 Å². The summed E-state index contributed by atoms with van der Waals surface area (Å²) < 4.78 is 43.6. The molecule has 0 spiro atoms. The third kappa shape index (κ3) is 5.61. The number of alkyl halides is 3. The van der Waals surface area contributed by atoms with Crippen molar-refractivity contribution in [2.45, 2.75) is 32.0 Å². The summed E-state index contributed by atoms with van der Waals surface area (Å²) in [4.78, 5) is 11.1. The molecule has 1 rings (SSSR count). The molecule has 0 amide bonds. The first-order valence-electron chi connectivity index (χ1n) is 6.45. The minimum absolute atomic E-state index is 0.0951. The van der Waals surface area contributed by atoms with Gasteiger partial charge in [0.15, 0.2) is 0 Å². The van der Waals surface area contributed by atoms with E-state index in [0.29, 0.717) is 6.42 Å². The highest BCUT2D eigenvalue weighted by atomic mass is 19.4. The Morgan fingerprint density at radius 1 is 1.30 bits per heavy atom. The van der Waals surface area contributed by atoms with Crippen molar-refractivity contribution in [3.63, 3.8) is 0 Å². The molecule has 0 aliphatic carbocycles. The molecule has 0 radical (unpaired) electrons. The zero-order valence-electron chi connectivity index (χ0n) is 11.2. The van der Waals surface area contributed by atoms with Crippen LogP contribution in [0.3, 0.4) is 0 Å². The Hall–Kier alpha value is -1.56. The van der Waals surface area contributed by atoms with Crippen molar-refractivity contribution in [3.05, 3.63) is 35.9 Å². The minimum Gasteiger partial charge on any atom is -0.466 e. The molecule has 0 saturated heterocycles. The predicted octanol–water partition coefficient (Wildman–Crippen LogP) is 3.22. The van der Waals surface area contributed by atoms with Crippen LogP contribution in [0, 0.1) is 0 Å². The summed E-state index contributed by atoms with van der Waals surface area (Å²) in [5, 5.41) is 2.44. The molecule has 112 valence electrons. The molecular formula is C14H18F3NO2. The number of benzene rings is 1. The summed E-state index contributed by atoms with van der Waals surface area (Å²) in [6, 6.07) is 5.93. The summed E-state index contributed by atoms with van der Waals surface area (Å²) in [6.07, 6.45) is -3.95. The third-order valence-electron chi connectivity index (χ3n) is 2.67. The number of hydrogen-bond acceptors (Lipinski definition) is 3. The first-order valence-corrected chi connectivity index (χ1v) is 6.45. The lowest BCUT2D eigenvalue weighted by atomic mass is 10.1. The smallest absolute Gasteiger partial charge is 0.407 e. The van der Waals surface area contributed by atoms with Gasteiger partial charge in [-0.2, -0.15) is 13.2 Å². The molecule has 3 nitrogen and oxygen atoms in total. The van der Waals surface area contributed by atoms with Crippen LogP contribution in [0.1, 0.15) is 31.4 Å². The van der Waals surface area contributed by atoms with Gasteiger partial charge in [0.2, 0.25) is 0 Å². The van der Waals surface area contributed by atoms with Gasteiger partial charge in [-0.25, -0.2) is 0 Å². The number of rotatable bonds is 7. The Bertz CT molecular complexity index is 407. The van der Waals surface area contributed by atoms with Crippen LogP contribution in [0.25, 0.3) is 0 Å². The first kappa shape index (κ1) is 16.5. The number of esters is 1. The first-order chi connectivity index (χ1) is 9.45. The van der Waals surface area contributed by atoms with Gasteiger partial charge in [-0.1, -0.05) is 30.3 Å². The van der Waals surface area contributed by atoms with Crippen LogP contribution in [0.5, 0.6) is 0 Å². The average Bonchev–Trinajstić information content (AvgIpc) is 2.38. The molecule has 1 unspecified atom stereocenters. The monoisotopic (exact) mass is 289 g/mol. The van der Waals surface area contributed by atoms with Crippen molar-refractivity contribution >= 4 is 5.97 Å². The van der Waals surface area contributed by atoms with Gasteiger partial charge in [0, 0.05) is 6.42 Å². The Balaban J connectivity index is 2.50. The maximum atomic E-state index is 13.0. The van der Waals surface area contributed by atoms with Crippen molar-refractivity contribution in [1.29, 1.82) is 0 Å². The number of carbonyl (C=O) groups excluding carboxylic acids is 1. The van der Waals surface area contributed by atoms with Crippen LogP contribution in [0.2, 0.25) is 0 Å². The summed E-state index contributed by atoms with van der Waals surface area (Å²) in [5.41, 5.74) is 0.163. The summed E-state index contributed by atoms with van der Waals surface area (Å²) in [7, 11) is 0. The number of hydrogen-bond donors (Lipinski definition) is 1. The van der Waals surface area contributed by atoms with E-state index in [9.17, 15) is 18.0 Å². The van der Waals surface area contributed by atoms with E-state index >= 15 is 0 Å². The fraction of sp³-hybridized carbons (Fsp3) is 0.500. The van der Waals surface area contributed by atoms with Crippen LogP contribution in [-0.4, -0.2) is 25.3 Å². The van der Waals surface area contributed by atoms with Gasteiger partial charge in [0.25, 0.3) is 0 Å². The molecule has 0 aliphatic rings. The molecule has 0 aromatic heterocycles. The van der Waals surface area contributed by atoms with Crippen molar-refractivity contribution in [1.82, 2.24) is 5.32 Å². The largest absolute Gasteiger partial charge is 0.466 e. The van der Waals surface area contributed by atoms with Crippen molar-refractivity contribution in [3.8, 4) is 0 Å². The molecule has 0 saturated carbocycles. The molecular weight excluding hydrogens is 271 g/mol. The second-order valence-corrected chi connectivity index (χ2v) is 4.25. The van der Waals surface area contributed by atoms with Crippen LogP contribution >= 0.6 is 0 Å². The lowest BCUT2D eigenvalue weighted by Gasteiger charge is -2.22. The third-order valence-corrected chi connectivity index (χ3v) is 2.67. The molecule has 0 bridgehead atoms. The van der Waals surface area contributed by atoms with E-state index in [4.69, 9.17) is 4.74 Å². The van der Waals surface area contributed by atoms with Gasteiger partial charge in [0.1, 0.15) is 6.04 Å². The van der Waals surface area contributed by atoms with Crippen LogP contribution in [-0.2, 0) is 9.53 Å². The van der Waals surface area contributed by atoms with Gasteiger partial charge in [-0.15, -0.1) is 0 Å². The fourth-order valence-corrected chi connectivity index (χ4v) is 1.78. The van der Waals surface area contributed by atoms with E-state index in [1.165, 1.54) is 12.1 Å². The van der Waals surface area contributed by atoms with Gasteiger partial charge in [-0.05, 0) is 25.5 Å². The standard InChI is InChI=1S/C14H18F3NO2/c1-2-20-12(19)9-6-10-18-13(14(15,16)17)11-7-4-3-5-8-11/h3-5,7-8,13,18H,2,6,9-10H2,1H3. The highest BCUT2D eigenvalue weighted by molar-refractivity contribution is 5.69. The lowest BCUT2D eigenvalue weighted by molar-refractivity contribution is -0.157. The Kier molecular flexibility index (Phi) is 6.51. The minimum atomic E-state index is -4.37. The van der Waals surface area contributed by atoms with Crippen LogP contribution < -0.4 is 5.32 Å². The topological polar surface area (TPSA) is 38.3 Å². The van der Waals surface area contributed by atoms with Crippen molar-refractivity contribution < 1.29 is 22.7 Å². The quantitative estimate of drug-likeness (QED) is 0.618. The van der Waals surface area contributed by atoms with Gasteiger partial charge in [-0.3, -0.25) is 4.79 Å². The molecule has 0 fully saturated rings. The second-order valence-electron chi connectivity index (χ2n) is 4.25. The summed E-state index contributed by atoms with van der Waals surface area (Å²) >= 11 is 0. The van der Waals surface area contributed by atoms with E-state index in [0.717, 1.165) is 0 Å². The maximum Gasteiger partial charge on any atom is 0.407 e. The van der Waals surface area contributed by atoms with Gasteiger partial charge < -0.3 is 10.1 Å². The second kappa shape index (κ2) is 7.89. The highest BCUT2D eigenvalue weighted by Crippen LogP contribution is 2.32. The molecule has 0 heterocycles. The van der Waals surface area contributed by atoms with Gasteiger partial charge in [0.05, 0.1) is 6.61 Å². The lowest BCUT2D eigenvalue weighted by Crippen LogP contribution is -2.34. The Morgan fingerprint density at radius 3 is 2.50 bits per heavy atom. The summed E-state index contributed by atoms with van der Waals surface area (Å²) in [6.45, 7) is 2.06. The number of halogens is 3. The van der Waals surface area contributed by atoms with Crippen molar-refractivity contribution in [2.75, 3.05) is 13.2 Å². The Morgan fingerprint density at radius 2 is 1.95 bits per heavy atom. The zero-order chi connectivity index (χ0) is 15.0. The molecule has 6 heteroatoms. The number of ether oxygens (including phenoxy) is 1. The van der Waals surface area contributed by atoms with E-state index in [1.54, 1.807) is 25.1 Å². The van der Waals surface area contributed by atoms with Gasteiger partial charge >= 0.3 is 12.1 Å². The van der Waals surface area contributed by atoms with E-state index < -0.39 is 18.2 Å². The van der Waals surface area contributed by atoms with Crippen LogP contribution in [0.4, 0.5) is 13.2 Å². The Labute approximate surface area is 116 Å². The summed E-state index contributed by atoms with van der Waals surface area (Å²) in [5.74, 6) is -0.391. The maximum absolute atomic E-state index is 13.0. The normalized spacial score (nSPS) is 13.0. The molecule has 20 heavy (non-hydrogen) atoms. The highest BCUT2D eigenvalue weighted by Gasteiger charge is 2.40. The molecule has 1 N–H and O–H groups in total. The van der Waals surface area contributed by atoms with E-state index in [-0.39, 0.29) is 25.1 Å². The molecule has 1 aromatic carbocycles. The van der Waals surface area contributed by atoms with E-state index in [2.05, 4.69) is 5.32 Å². The van der Waals surface area contributed by atoms with Crippen molar-refractivity contribution in [2.24, 2.45) is 0 Å². The molecule has 1 aromatic rings. The zero-order valence-corrected chi connectivity index (χ0v) is 11.2.